The Morgan fingerprint density at radius 3 is 2.67 bits per heavy atom. The lowest BCUT2D eigenvalue weighted by Crippen LogP contribution is -2.36. The molecule has 0 radical (unpaired) electrons. The molecule has 0 amide bonds. The average Bonchev–Trinajstić information content (AvgIpc) is 2.39. The Labute approximate surface area is 129 Å². The van der Waals surface area contributed by atoms with E-state index in [4.69, 9.17) is 0 Å². The third-order valence-corrected chi connectivity index (χ3v) is 5.63. The third-order valence-electron chi connectivity index (χ3n) is 3.82. The van der Waals surface area contributed by atoms with Gasteiger partial charge in [-0.25, -0.2) is 0 Å². The van der Waals surface area contributed by atoms with Gasteiger partial charge in [-0.2, -0.15) is 11.8 Å². The molecule has 0 heterocycles. The second-order valence-electron chi connectivity index (χ2n) is 5.16. The van der Waals surface area contributed by atoms with Crippen molar-refractivity contribution in [2.45, 2.75) is 49.9 Å². The number of thioether (sulfide) groups is 1. The summed E-state index contributed by atoms with van der Waals surface area (Å²) in [6, 6.07) is 10.0. The highest BCUT2D eigenvalue weighted by molar-refractivity contribution is 14.1. The molecule has 1 nitrogen and oxygen atoms in total. The molecule has 0 saturated heterocycles. The van der Waals surface area contributed by atoms with Crippen molar-refractivity contribution in [3.63, 3.8) is 0 Å². The van der Waals surface area contributed by atoms with Crippen molar-refractivity contribution in [3.8, 4) is 0 Å². The van der Waals surface area contributed by atoms with E-state index in [2.05, 4.69) is 65.4 Å². The van der Waals surface area contributed by atoms with E-state index in [1.807, 2.05) is 11.8 Å². The van der Waals surface area contributed by atoms with Crippen molar-refractivity contribution < 1.29 is 0 Å². The summed E-state index contributed by atoms with van der Waals surface area (Å²) in [4.78, 5) is 0. The van der Waals surface area contributed by atoms with Gasteiger partial charge in [-0.05, 0) is 72.7 Å². The lowest BCUT2D eigenvalue weighted by Gasteiger charge is -2.31. The van der Waals surface area contributed by atoms with Crippen LogP contribution >= 0.6 is 34.4 Å². The Bertz CT molecular complexity index is 365. The fourth-order valence-corrected chi connectivity index (χ4v) is 3.90. The van der Waals surface area contributed by atoms with Crippen molar-refractivity contribution in [2.24, 2.45) is 0 Å². The van der Waals surface area contributed by atoms with Gasteiger partial charge in [0.1, 0.15) is 0 Å². The van der Waals surface area contributed by atoms with Crippen LogP contribution in [0.2, 0.25) is 0 Å². The summed E-state index contributed by atoms with van der Waals surface area (Å²) in [6.45, 7) is 2.28. The highest BCUT2D eigenvalue weighted by Crippen LogP contribution is 2.28. The number of hydrogen-bond acceptors (Lipinski definition) is 2. The minimum Gasteiger partial charge on any atom is -0.307 e. The van der Waals surface area contributed by atoms with Gasteiger partial charge in [0.05, 0.1) is 0 Å². The lowest BCUT2D eigenvalue weighted by molar-refractivity contribution is 0.353. The van der Waals surface area contributed by atoms with Crippen LogP contribution < -0.4 is 5.32 Å². The first-order valence-electron chi connectivity index (χ1n) is 6.73. The van der Waals surface area contributed by atoms with Crippen molar-refractivity contribution in [1.82, 2.24) is 5.32 Å². The van der Waals surface area contributed by atoms with Crippen LogP contribution in [-0.4, -0.2) is 17.5 Å². The number of hydrogen-bond donors (Lipinski definition) is 1. The molecule has 0 aliphatic heterocycles. The maximum atomic E-state index is 3.80. The van der Waals surface area contributed by atoms with E-state index in [-0.39, 0.29) is 0 Å². The van der Waals surface area contributed by atoms with Crippen molar-refractivity contribution in [2.75, 3.05) is 6.26 Å². The van der Waals surface area contributed by atoms with Crippen LogP contribution in [0.4, 0.5) is 0 Å². The smallest absolute Gasteiger partial charge is 0.0294 e. The quantitative estimate of drug-likeness (QED) is 0.771. The monoisotopic (exact) mass is 375 g/mol. The van der Waals surface area contributed by atoms with Crippen molar-refractivity contribution in [1.29, 1.82) is 0 Å². The van der Waals surface area contributed by atoms with Crippen LogP contribution in [0.3, 0.4) is 0 Å². The molecule has 3 heteroatoms. The van der Waals surface area contributed by atoms with Crippen molar-refractivity contribution >= 4 is 34.4 Å². The van der Waals surface area contributed by atoms with Crippen LogP contribution in [0, 0.1) is 3.57 Å². The molecule has 1 aliphatic carbocycles. The highest BCUT2D eigenvalue weighted by atomic mass is 127. The van der Waals surface area contributed by atoms with Crippen LogP contribution in [0.25, 0.3) is 0 Å². The minimum atomic E-state index is 0.465. The molecule has 100 valence electrons. The van der Waals surface area contributed by atoms with Gasteiger partial charge in [-0.1, -0.05) is 18.6 Å². The van der Waals surface area contributed by atoms with Gasteiger partial charge in [0.2, 0.25) is 0 Å². The Morgan fingerprint density at radius 1 is 1.28 bits per heavy atom. The summed E-state index contributed by atoms with van der Waals surface area (Å²) in [6.07, 6.45) is 7.69. The standard InChI is InChI=1S/C15H22INS/c1-11(12-6-8-13(16)9-7-12)17-14-4-3-5-15(10-14)18-2/h6-9,11,14-15,17H,3-5,10H2,1-2H3. The van der Waals surface area contributed by atoms with Gasteiger partial charge in [0.15, 0.2) is 0 Å². The number of benzene rings is 1. The Morgan fingerprint density at radius 2 is 2.00 bits per heavy atom. The maximum absolute atomic E-state index is 3.80. The van der Waals surface area contributed by atoms with E-state index in [1.54, 1.807) is 0 Å². The SMILES string of the molecule is CSC1CCCC(NC(C)c2ccc(I)cc2)C1. The zero-order valence-corrected chi connectivity index (χ0v) is 14.1. The molecule has 2 rings (SSSR count). The molecular formula is C15H22INS. The molecule has 1 saturated carbocycles. The fraction of sp³-hybridized carbons (Fsp3) is 0.600. The summed E-state index contributed by atoms with van der Waals surface area (Å²) in [7, 11) is 0. The zero-order valence-electron chi connectivity index (χ0n) is 11.2. The first-order chi connectivity index (χ1) is 8.69. The zero-order chi connectivity index (χ0) is 13.0. The fourth-order valence-electron chi connectivity index (χ4n) is 2.71. The van der Waals surface area contributed by atoms with E-state index in [0.717, 1.165) is 5.25 Å². The molecule has 3 unspecified atom stereocenters. The summed E-state index contributed by atoms with van der Waals surface area (Å²) >= 11 is 4.39. The molecule has 1 aromatic carbocycles. The molecule has 1 fully saturated rings. The molecule has 18 heavy (non-hydrogen) atoms. The summed E-state index contributed by atoms with van der Waals surface area (Å²) < 4.78 is 1.31. The topological polar surface area (TPSA) is 12.0 Å². The Kier molecular flexibility index (Phi) is 5.83. The normalized spacial score (nSPS) is 25.9. The summed E-state index contributed by atoms with van der Waals surface area (Å²) in [5, 5.41) is 4.66. The molecule has 1 N–H and O–H groups in total. The Hall–Kier alpha value is 0.260. The predicted octanol–water partition coefficient (Wildman–Crippen LogP) is 4.62. The molecule has 0 aromatic heterocycles. The molecule has 3 atom stereocenters. The maximum Gasteiger partial charge on any atom is 0.0294 e. The average molecular weight is 375 g/mol. The van der Waals surface area contributed by atoms with Gasteiger partial charge in [0, 0.05) is 20.9 Å². The van der Waals surface area contributed by atoms with E-state index in [1.165, 1.54) is 34.8 Å². The van der Waals surface area contributed by atoms with Gasteiger partial charge in [-0.3, -0.25) is 0 Å². The van der Waals surface area contributed by atoms with E-state index >= 15 is 0 Å². The Balaban J connectivity index is 1.90. The second kappa shape index (κ2) is 7.15. The van der Waals surface area contributed by atoms with Crippen LogP contribution in [-0.2, 0) is 0 Å². The van der Waals surface area contributed by atoms with Crippen molar-refractivity contribution in [3.05, 3.63) is 33.4 Å². The number of rotatable bonds is 4. The summed E-state index contributed by atoms with van der Waals surface area (Å²) in [5.74, 6) is 0. The van der Waals surface area contributed by atoms with Crippen LogP contribution in [0.5, 0.6) is 0 Å². The van der Waals surface area contributed by atoms with Crippen LogP contribution in [0.1, 0.15) is 44.2 Å². The van der Waals surface area contributed by atoms with Gasteiger partial charge >= 0.3 is 0 Å². The molecule has 1 aromatic rings. The lowest BCUT2D eigenvalue weighted by atomic mass is 9.93. The van der Waals surface area contributed by atoms with Gasteiger partial charge in [-0.15, -0.1) is 0 Å². The summed E-state index contributed by atoms with van der Waals surface area (Å²) in [5.41, 5.74) is 1.40. The minimum absolute atomic E-state index is 0.465. The van der Waals surface area contributed by atoms with E-state index < -0.39 is 0 Å². The second-order valence-corrected chi connectivity index (χ2v) is 7.54. The highest BCUT2D eigenvalue weighted by Gasteiger charge is 2.22. The first-order valence-corrected chi connectivity index (χ1v) is 9.10. The number of nitrogens with one attached hydrogen (secondary N) is 1. The third kappa shape index (κ3) is 4.14. The molecule has 0 bridgehead atoms. The largest absolute Gasteiger partial charge is 0.307 e. The van der Waals surface area contributed by atoms with Crippen LogP contribution in [0.15, 0.2) is 24.3 Å². The van der Waals surface area contributed by atoms with Gasteiger partial charge < -0.3 is 5.32 Å². The first kappa shape index (κ1) is 14.7. The molecule has 0 spiro atoms. The molecule has 1 aliphatic rings. The predicted molar refractivity (Wildman–Crippen MR) is 90.3 cm³/mol. The van der Waals surface area contributed by atoms with Gasteiger partial charge in [0.25, 0.3) is 0 Å². The van der Waals surface area contributed by atoms with E-state index in [9.17, 15) is 0 Å². The molecular weight excluding hydrogens is 353 g/mol. The van der Waals surface area contributed by atoms with E-state index in [0.29, 0.717) is 12.1 Å². The number of halogens is 1.